The van der Waals surface area contributed by atoms with Crippen molar-refractivity contribution in [3.05, 3.63) is 81.7 Å². The van der Waals surface area contributed by atoms with E-state index in [0.717, 1.165) is 22.4 Å². The van der Waals surface area contributed by atoms with Gasteiger partial charge in [-0.2, -0.15) is 0 Å². The normalized spacial score (nSPS) is 16.8. The van der Waals surface area contributed by atoms with Crippen LogP contribution >= 0.6 is 23.4 Å². The molecule has 144 valence electrons. The Balaban J connectivity index is 1.81. The SMILES string of the molecule is C=CCc1cc(/C=C2\SC(=NC)N(C)C2=O)ccc1OCc1ccc(Cl)cc1. The third kappa shape index (κ3) is 4.66. The van der Waals surface area contributed by atoms with Gasteiger partial charge in [0.25, 0.3) is 5.91 Å². The lowest BCUT2D eigenvalue weighted by atomic mass is 10.1. The minimum absolute atomic E-state index is 0.0427. The average Bonchev–Trinajstić information content (AvgIpc) is 2.97. The molecule has 1 fully saturated rings. The number of nitrogens with zero attached hydrogens (tertiary/aromatic N) is 2. The summed E-state index contributed by atoms with van der Waals surface area (Å²) >= 11 is 7.31. The number of amides is 1. The summed E-state index contributed by atoms with van der Waals surface area (Å²) in [6.45, 7) is 4.29. The first-order valence-electron chi connectivity index (χ1n) is 8.77. The first kappa shape index (κ1) is 20.2. The van der Waals surface area contributed by atoms with Crippen molar-refractivity contribution in [2.45, 2.75) is 13.0 Å². The van der Waals surface area contributed by atoms with E-state index in [1.54, 1.807) is 19.0 Å². The monoisotopic (exact) mass is 412 g/mol. The van der Waals surface area contributed by atoms with Gasteiger partial charge in [0.05, 0.1) is 4.91 Å². The predicted molar refractivity (Wildman–Crippen MR) is 118 cm³/mol. The zero-order valence-electron chi connectivity index (χ0n) is 15.8. The standard InChI is InChI=1S/C22H21ClN2O2S/c1-4-5-17-12-16(13-20-21(26)25(3)22(24-2)28-20)8-11-19(17)27-14-15-6-9-18(23)10-7-15/h4,6-13H,1,5,14H2,2-3H3/b20-13-,24-22?. The molecule has 0 atom stereocenters. The fraction of sp³-hybridized carbons (Fsp3) is 0.182. The Kier molecular flexibility index (Phi) is 6.60. The first-order valence-corrected chi connectivity index (χ1v) is 9.96. The highest BCUT2D eigenvalue weighted by Gasteiger charge is 2.29. The van der Waals surface area contributed by atoms with Gasteiger partial charge in [0.15, 0.2) is 5.17 Å². The number of allylic oxidation sites excluding steroid dienone is 1. The topological polar surface area (TPSA) is 41.9 Å². The van der Waals surface area contributed by atoms with Gasteiger partial charge in [-0.15, -0.1) is 6.58 Å². The lowest BCUT2D eigenvalue weighted by Crippen LogP contribution is -2.23. The number of hydrogen-bond acceptors (Lipinski definition) is 4. The summed E-state index contributed by atoms with van der Waals surface area (Å²) in [6, 6.07) is 13.5. The van der Waals surface area contributed by atoms with Crippen LogP contribution in [0.25, 0.3) is 6.08 Å². The van der Waals surface area contributed by atoms with E-state index in [1.165, 1.54) is 11.8 Å². The third-order valence-corrected chi connectivity index (χ3v) is 5.65. The van der Waals surface area contributed by atoms with Gasteiger partial charge in [-0.05, 0) is 65.2 Å². The highest BCUT2D eigenvalue weighted by atomic mass is 35.5. The zero-order chi connectivity index (χ0) is 20.1. The van der Waals surface area contributed by atoms with Crippen LogP contribution in [0.15, 0.2) is 65.0 Å². The van der Waals surface area contributed by atoms with Crippen LogP contribution in [0.5, 0.6) is 5.75 Å². The maximum absolute atomic E-state index is 12.3. The first-order chi connectivity index (χ1) is 13.5. The Bertz CT molecular complexity index is 952. The molecule has 1 aliphatic heterocycles. The second kappa shape index (κ2) is 9.13. The van der Waals surface area contributed by atoms with Crippen molar-refractivity contribution < 1.29 is 9.53 Å². The largest absolute Gasteiger partial charge is 0.489 e. The van der Waals surface area contributed by atoms with Crippen LogP contribution in [0.2, 0.25) is 5.02 Å². The molecular formula is C22H21ClN2O2S. The summed E-state index contributed by atoms with van der Waals surface area (Å²) < 4.78 is 6.00. The van der Waals surface area contributed by atoms with Crippen LogP contribution in [0.3, 0.4) is 0 Å². The number of halogens is 1. The summed E-state index contributed by atoms with van der Waals surface area (Å²) in [5.74, 6) is 0.759. The van der Waals surface area contributed by atoms with E-state index in [9.17, 15) is 4.79 Å². The summed E-state index contributed by atoms with van der Waals surface area (Å²) in [6.07, 6.45) is 4.40. The number of thioether (sulfide) groups is 1. The number of carbonyl (C=O) groups excluding carboxylic acids is 1. The van der Waals surface area contributed by atoms with Gasteiger partial charge >= 0.3 is 0 Å². The number of ether oxygens (including phenoxy) is 1. The molecule has 0 aromatic heterocycles. The van der Waals surface area contributed by atoms with Gasteiger partial charge in [-0.3, -0.25) is 14.7 Å². The van der Waals surface area contributed by atoms with Crippen LogP contribution in [-0.2, 0) is 17.8 Å². The van der Waals surface area contributed by atoms with E-state index in [-0.39, 0.29) is 5.91 Å². The molecular weight excluding hydrogens is 392 g/mol. The Morgan fingerprint density at radius 1 is 1.25 bits per heavy atom. The molecule has 28 heavy (non-hydrogen) atoms. The molecule has 1 saturated heterocycles. The van der Waals surface area contributed by atoms with Crippen molar-refractivity contribution in [2.24, 2.45) is 4.99 Å². The van der Waals surface area contributed by atoms with E-state index in [2.05, 4.69) is 11.6 Å². The summed E-state index contributed by atoms with van der Waals surface area (Å²) in [7, 11) is 3.42. The molecule has 2 aromatic rings. The number of carbonyl (C=O) groups is 1. The number of benzene rings is 2. The second-order valence-corrected chi connectivity index (χ2v) is 7.70. The fourth-order valence-corrected chi connectivity index (χ4v) is 3.84. The van der Waals surface area contributed by atoms with Gasteiger partial charge in [0, 0.05) is 19.1 Å². The Hall–Kier alpha value is -2.50. The Morgan fingerprint density at radius 3 is 2.64 bits per heavy atom. The molecule has 0 aliphatic carbocycles. The second-order valence-electron chi connectivity index (χ2n) is 6.26. The summed E-state index contributed by atoms with van der Waals surface area (Å²) in [5, 5.41) is 1.40. The van der Waals surface area contributed by atoms with Crippen molar-refractivity contribution in [3.63, 3.8) is 0 Å². The highest BCUT2D eigenvalue weighted by Crippen LogP contribution is 2.32. The molecule has 1 aliphatic rings. The maximum atomic E-state index is 12.3. The lowest BCUT2D eigenvalue weighted by molar-refractivity contribution is -0.121. The van der Waals surface area contributed by atoms with Gasteiger partial charge in [-0.1, -0.05) is 35.9 Å². The van der Waals surface area contributed by atoms with Crippen LogP contribution in [-0.4, -0.2) is 30.1 Å². The smallest absolute Gasteiger partial charge is 0.266 e. The minimum Gasteiger partial charge on any atom is -0.489 e. The third-order valence-electron chi connectivity index (χ3n) is 4.25. The number of amidine groups is 1. The van der Waals surface area contributed by atoms with E-state index >= 15 is 0 Å². The van der Waals surface area contributed by atoms with Crippen LogP contribution in [0, 0.1) is 0 Å². The molecule has 0 bridgehead atoms. The molecule has 0 saturated carbocycles. The molecule has 0 unspecified atom stereocenters. The lowest BCUT2D eigenvalue weighted by Gasteiger charge is -2.12. The average molecular weight is 413 g/mol. The molecule has 1 heterocycles. The number of likely N-dealkylation sites (N-methyl/N-ethyl adjacent to an activating group) is 1. The maximum Gasteiger partial charge on any atom is 0.266 e. The predicted octanol–water partition coefficient (Wildman–Crippen LogP) is 5.18. The number of rotatable bonds is 6. The van der Waals surface area contributed by atoms with E-state index in [1.807, 2.05) is 54.6 Å². The molecule has 1 amide bonds. The van der Waals surface area contributed by atoms with Crippen molar-refractivity contribution in [3.8, 4) is 5.75 Å². The summed E-state index contributed by atoms with van der Waals surface area (Å²) in [5.41, 5.74) is 3.01. The van der Waals surface area contributed by atoms with Gasteiger partial charge in [0.1, 0.15) is 12.4 Å². The molecule has 0 N–H and O–H groups in total. The van der Waals surface area contributed by atoms with Gasteiger partial charge in [0.2, 0.25) is 0 Å². The minimum atomic E-state index is -0.0427. The van der Waals surface area contributed by atoms with E-state index in [0.29, 0.717) is 28.1 Å². The van der Waals surface area contributed by atoms with Crippen LogP contribution in [0.1, 0.15) is 16.7 Å². The fourth-order valence-electron chi connectivity index (χ4n) is 2.79. The van der Waals surface area contributed by atoms with Crippen molar-refractivity contribution in [1.82, 2.24) is 4.90 Å². The zero-order valence-corrected chi connectivity index (χ0v) is 17.4. The van der Waals surface area contributed by atoms with E-state index in [4.69, 9.17) is 16.3 Å². The Labute approximate surface area is 174 Å². The highest BCUT2D eigenvalue weighted by molar-refractivity contribution is 8.18. The van der Waals surface area contributed by atoms with Crippen molar-refractivity contribution in [2.75, 3.05) is 14.1 Å². The quantitative estimate of drug-likeness (QED) is 0.485. The molecule has 6 heteroatoms. The van der Waals surface area contributed by atoms with Crippen molar-refractivity contribution >= 4 is 40.5 Å². The summed E-state index contributed by atoms with van der Waals surface area (Å²) in [4.78, 5) is 18.7. The number of aliphatic imine (C=N–C) groups is 1. The molecule has 4 nitrogen and oxygen atoms in total. The van der Waals surface area contributed by atoms with Gasteiger partial charge < -0.3 is 4.74 Å². The Morgan fingerprint density at radius 2 is 2.00 bits per heavy atom. The molecule has 3 rings (SSSR count). The molecule has 0 spiro atoms. The van der Waals surface area contributed by atoms with Crippen LogP contribution in [0.4, 0.5) is 0 Å². The molecule has 0 radical (unpaired) electrons. The van der Waals surface area contributed by atoms with E-state index < -0.39 is 0 Å². The van der Waals surface area contributed by atoms with Gasteiger partial charge in [-0.25, -0.2) is 0 Å². The van der Waals surface area contributed by atoms with Crippen LogP contribution < -0.4 is 4.74 Å². The molecule has 2 aromatic carbocycles. The number of hydrogen-bond donors (Lipinski definition) is 0. The van der Waals surface area contributed by atoms with Crippen molar-refractivity contribution in [1.29, 1.82) is 0 Å².